The molecular weight excluding hydrogens is 435 g/mol. The van der Waals surface area contributed by atoms with Gasteiger partial charge < -0.3 is 25.9 Å². The predicted molar refractivity (Wildman–Crippen MR) is 132 cm³/mol. The number of hydrogen-bond acceptors (Lipinski definition) is 6. The van der Waals surface area contributed by atoms with Crippen molar-refractivity contribution >= 4 is 17.3 Å². The van der Waals surface area contributed by atoms with Crippen LogP contribution in [0.2, 0.25) is 0 Å². The highest BCUT2D eigenvalue weighted by molar-refractivity contribution is 5.98. The van der Waals surface area contributed by atoms with Gasteiger partial charge in [0.05, 0.1) is 13.2 Å². The number of nitrogens with one attached hydrogen (secondary N) is 1. The lowest BCUT2D eigenvalue weighted by atomic mass is 10.0. The standard InChI is InChI=1S/C25H31FN6O2/c1-16(29-3)20(23(28)14-30-17(2)33)10-12-34-25-21(5-4-6-22(25)26)18-7-8-24-31-13-19(9-11-27)32(24)15-18/h4-8,13,15H,9-12,14,27-28H2,1-3H3,(H,30,33). The van der Waals surface area contributed by atoms with Crippen LogP contribution in [0.4, 0.5) is 4.39 Å². The van der Waals surface area contributed by atoms with Crippen LogP contribution in [0, 0.1) is 5.82 Å². The second-order valence-electron chi connectivity index (χ2n) is 7.87. The molecule has 180 valence electrons. The fraction of sp³-hybridized carbons (Fsp3) is 0.320. The molecule has 0 aliphatic heterocycles. The van der Waals surface area contributed by atoms with Gasteiger partial charge in [-0.1, -0.05) is 12.1 Å². The van der Waals surface area contributed by atoms with Gasteiger partial charge in [-0.15, -0.1) is 0 Å². The summed E-state index contributed by atoms with van der Waals surface area (Å²) in [6.07, 6.45) is 4.81. The zero-order valence-electron chi connectivity index (χ0n) is 19.8. The molecule has 0 atom stereocenters. The Morgan fingerprint density at radius 1 is 1.26 bits per heavy atom. The van der Waals surface area contributed by atoms with E-state index in [1.165, 1.54) is 13.0 Å². The second kappa shape index (κ2) is 11.4. The summed E-state index contributed by atoms with van der Waals surface area (Å²) >= 11 is 0. The Morgan fingerprint density at radius 2 is 2.06 bits per heavy atom. The average Bonchev–Trinajstić information content (AvgIpc) is 3.23. The number of ether oxygens (including phenoxy) is 1. The van der Waals surface area contributed by atoms with Gasteiger partial charge in [-0.05, 0) is 37.2 Å². The Morgan fingerprint density at radius 3 is 2.76 bits per heavy atom. The van der Waals surface area contributed by atoms with Crippen molar-refractivity contribution in [2.24, 2.45) is 16.5 Å². The Bertz CT molecular complexity index is 1230. The number of fused-ring (bicyclic) bond motifs is 1. The van der Waals surface area contributed by atoms with Gasteiger partial charge in [0.25, 0.3) is 0 Å². The van der Waals surface area contributed by atoms with Crippen LogP contribution in [0.5, 0.6) is 5.75 Å². The third-order valence-electron chi connectivity index (χ3n) is 5.55. The van der Waals surface area contributed by atoms with Gasteiger partial charge in [-0.3, -0.25) is 9.79 Å². The van der Waals surface area contributed by atoms with E-state index in [1.54, 1.807) is 19.3 Å². The number of benzene rings is 1. The molecule has 1 amide bonds. The summed E-state index contributed by atoms with van der Waals surface area (Å²) in [7, 11) is 1.67. The normalized spacial score (nSPS) is 12.6. The quantitative estimate of drug-likeness (QED) is 0.397. The van der Waals surface area contributed by atoms with Crippen LogP contribution in [0.1, 0.15) is 26.0 Å². The van der Waals surface area contributed by atoms with Crippen LogP contribution >= 0.6 is 0 Å². The number of rotatable bonds is 10. The summed E-state index contributed by atoms with van der Waals surface area (Å²) in [5.74, 6) is -0.471. The van der Waals surface area contributed by atoms with Gasteiger partial charge in [0.2, 0.25) is 5.91 Å². The molecule has 0 bridgehead atoms. The van der Waals surface area contributed by atoms with Crippen molar-refractivity contribution < 1.29 is 13.9 Å². The third-order valence-corrected chi connectivity index (χ3v) is 5.55. The van der Waals surface area contributed by atoms with E-state index in [2.05, 4.69) is 15.3 Å². The van der Waals surface area contributed by atoms with E-state index < -0.39 is 5.82 Å². The molecule has 0 aliphatic rings. The molecule has 3 rings (SSSR count). The first-order valence-electron chi connectivity index (χ1n) is 11.1. The largest absolute Gasteiger partial charge is 0.490 e. The molecular formula is C25H31FN6O2. The molecule has 1 aromatic carbocycles. The van der Waals surface area contributed by atoms with E-state index in [4.69, 9.17) is 16.2 Å². The lowest BCUT2D eigenvalue weighted by molar-refractivity contribution is -0.118. The molecule has 5 N–H and O–H groups in total. The van der Waals surface area contributed by atoms with Gasteiger partial charge in [0, 0.05) is 67.4 Å². The summed E-state index contributed by atoms with van der Waals surface area (Å²) in [6.45, 7) is 4.16. The first-order valence-corrected chi connectivity index (χ1v) is 11.1. The Labute approximate surface area is 198 Å². The van der Waals surface area contributed by atoms with Gasteiger partial charge >= 0.3 is 0 Å². The average molecular weight is 467 g/mol. The minimum Gasteiger partial charge on any atom is -0.490 e. The zero-order chi connectivity index (χ0) is 24.7. The van der Waals surface area contributed by atoms with Crippen molar-refractivity contribution in [1.82, 2.24) is 14.7 Å². The van der Waals surface area contributed by atoms with Crippen LogP contribution in [0.15, 0.2) is 59.0 Å². The van der Waals surface area contributed by atoms with Crippen LogP contribution < -0.4 is 21.5 Å². The smallest absolute Gasteiger partial charge is 0.217 e. The van der Waals surface area contributed by atoms with Crippen LogP contribution in [-0.2, 0) is 11.2 Å². The minimum absolute atomic E-state index is 0.160. The van der Waals surface area contributed by atoms with E-state index in [0.717, 1.165) is 28.2 Å². The summed E-state index contributed by atoms with van der Waals surface area (Å²) in [5, 5.41) is 2.69. The van der Waals surface area contributed by atoms with Gasteiger partial charge in [-0.25, -0.2) is 9.37 Å². The first kappa shape index (κ1) is 24.9. The van der Waals surface area contributed by atoms with E-state index >= 15 is 0 Å². The maximum Gasteiger partial charge on any atom is 0.217 e. The molecule has 0 fully saturated rings. The number of carbonyl (C=O) groups excluding carboxylic acids is 1. The molecule has 0 aliphatic carbocycles. The van der Waals surface area contributed by atoms with E-state index in [-0.39, 0.29) is 24.8 Å². The number of carbonyl (C=O) groups is 1. The minimum atomic E-state index is -0.456. The fourth-order valence-corrected chi connectivity index (χ4v) is 3.70. The molecule has 0 saturated carbocycles. The molecule has 0 unspecified atom stereocenters. The molecule has 0 spiro atoms. The lowest BCUT2D eigenvalue weighted by Crippen LogP contribution is -2.27. The molecule has 2 aromatic heterocycles. The highest BCUT2D eigenvalue weighted by Crippen LogP contribution is 2.33. The number of aliphatic imine (C=N–C) groups is 1. The number of para-hydroxylation sites is 1. The number of pyridine rings is 1. The number of amides is 1. The van der Waals surface area contributed by atoms with Crippen molar-refractivity contribution in [2.75, 3.05) is 26.7 Å². The number of nitrogens with two attached hydrogens (primary N) is 2. The van der Waals surface area contributed by atoms with Crippen molar-refractivity contribution in [3.05, 3.63) is 65.5 Å². The van der Waals surface area contributed by atoms with Crippen molar-refractivity contribution in [3.8, 4) is 16.9 Å². The monoisotopic (exact) mass is 466 g/mol. The number of imidazole rings is 1. The summed E-state index contributed by atoms with van der Waals surface area (Å²) in [5.41, 5.74) is 17.1. The van der Waals surface area contributed by atoms with Gasteiger partial charge in [-0.2, -0.15) is 0 Å². The van der Waals surface area contributed by atoms with Crippen molar-refractivity contribution in [2.45, 2.75) is 26.7 Å². The topological polar surface area (TPSA) is 120 Å². The van der Waals surface area contributed by atoms with Crippen molar-refractivity contribution in [3.63, 3.8) is 0 Å². The first-order chi connectivity index (χ1) is 16.3. The van der Waals surface area contributed by atoms with E-state index in [9.17, 15) is 9.18 Å². The molecule has 0 saturated heterocycles. The zero-order valence-corrected chi connectivity index (χ0v) is 19.8. The summed E-state index contributed by atoms with van der Waals surface area (Å²) in [4.78, 5) is 19.9. The van der Waals surface area contributed by atoms with Crippen LogP contribution in [0.3, 0.4) is 0 Å². The van der Waals surface area contributed by atoms with E-state index in [1.807, 2.05) is 35.7 Å². The van der Waals surface area contributed by atoms with Gasteiger partial charge in [0.15, 0.2) is 11.6 Å². The summed E-state index contributed by atoms with van der Waals surface area (Å²) in [6, 6.07) is 8.62. The number of halogens is 1. The Balaban J connectivity index is 1.86. The molecule has 0 radical (unpaired) electrons. The van der Waals surface area contributed by atoms with Crippen LogP contribution in [0.25, 0.3) is 16.8 Å². The number of nitrogens with zero attached hydrogens (tertiary/aromatic N) is 3. The van der Waals surface area contributed by atoms with Gasteiger partial charge in [0.1, 0.15) is 5.65 Å². The maximum atomic E-state index is 14.8. The molecule has 2 heterocycles. The fourth-order valence-electron chi connectivity index (χ4n) is 3.70. The third kappa shape index (κ3) is 5.79. The SMILES string of the molecule is CN=C(C)C(CCOc1c(F)cccc1-c1ccc2ncc(CCN)n2c1)=C(N)CNC(C)=O. The Hall–Kier alpha value is -3.72. The second-order valence-corrected chi connectivity index (χ2v) is 7.87. The lowest BCUT2D eigenvalue weighted by Gasteiger charge is -2.16. The molecule has 34 heavy (non-hydrogen) atoms. The van der Waals surface area contributed by atoms with E-state index in [0.29, 0.717) is 30.6 Å². The van der Waals surface area contributed by atoms with Crippen molar-refractivity contribution in [1.29, 1.82) is 0 Å². The summed E-state index contributed by atoms with van der Waals surface area (Å²) < 4.78 is 22.7. The number of hydrogen-bond donors (Lipinski definition) is 3. The maximum absolute atomic E-state index is 14.8. The highest BCUT2D eigenvalue weighted by atomic mass is 19.1. The highest BCUT2D eigenvalue weighted by Gasteiger charge is 2.15. The molecule has 8 nitrogen and oxygen atoms in total. The number of aromatic nitrogens is 2. The Kier molecular flexibility index (Phi) is 8.37. The predicted octanol–water partition coefficient (Wildman–Crippen LogP) is 2.85. The molecule has 9 heteroatoms. The van der Waals surface area contributed by atoms with Crippen LogP contribution in [-0.4, -0.2) is 47.7 Å². The molecule has 3 aromatic rings.